The number of aromatic nitrogens is 3. The van der Waals surface area contributed by atoms with Crippen LogP contribution in [0.2, 0.25) is 0 Å². The van der Waals surface area contributed by atoms with Crippen LogP contribution >= 0.6 is 22.7 Å². The molecule has 0 fully saturated rings. The molecular formula is C20H18N4O2S2. The summed E-state index contributed by atoms with van der Waals surface area (Å²) in [5, 5.41) is 1.51. The van der Waals surface area contributed by atoms with Crippen molar-refractivity contribution in [3.8, 4) is 5.75 Å². The van der Waals surface area contributed by atoms with Crippen LogP contribution in [0.1, 0.15) is 25.9 Å². The second-order valence-corrected chi connectivity index (χ2v) is 8.44. The van der Waals surface area contributed by atoms with E-state index in [0.29, 0.717) is 16.6 Å². The van der Waals surface area contributed by atoms with Crippen LogP contribution in [0.15, 0.2) is 42.7 Å². The Kier molecular flexibility index (Phi) is 5.06. The molecule has 0 aliphatic carbocycles. The molecule has 1 aromatic carbocycles. The van der Waals surface area contributed by atoms with Crippen molar-refractivity contribution in [3.63, 3.8) is 0 Å². The van der Waals surface area contributed by atoms with E-state index in [-0.39, 0.29) is 5.91 Å². The molecule has 3 aromatic heterocycles. The van der Waals surface area contributed by atoms with Gasteiger partial charge in [-0.25, -0.2) is 9.97 Å². The van der Waals surface area contributed by atoms with E-state index >= 15 is 0 Å². The molecule has 3 heterocycles. The van der Waals surface area contributed by atoms with Crippen LogP contribution in [0.25, 0.3) is 10.2 Å². The molecule has 0 bridgehead atoms. The topological polar surface area (TPSA) is 68.2 Å². The molecule has 0 saturated carbocycles. The molecule has 1 amide bonds. The first kappa shape index (κ1) is 18.5. The smallest absolute Gasteiger partial charge is 0.272 e. The summed E-state index contributed by atoms with van der Waals surface area (Å²) < 4.78 is 6.29. The van der Waals surface area contributed by atoms with Gasteiger partial charge in [-0.2, -0.15) is 0 Å². The number of nitrogens with zero attached hydrogens (tertiary/aromatic N) is 4. The Balaban J connectivity index is 1.78. The summed E-state index contributed by atoms with van der Waals surface area (Å²) in [4.78, 5) is 29.0. The van der Waals surface area contributed by atoms with E-state index in [4.69, 9.17) is 9.72 Å². The van der Waals surface area contributed by atoms with Crippen molar-refractivity contribution < 1.29 is 9.53 Å². The predicted molar refractivity (Wildman–Crippen MR) is 113 cm³/mol. The Morgan fingerprint density at radius 1 is 1.18 bits per heavy atom. The van der Waals surface area contributed by atoms with Gasteiger partial charge in [0.05, 0.1) is 34.6 Å². The maximum absolute atomic E-state index is 13.4. The molecule has 0 radical (unpaired) electrons. The average Bonchev–Trinajstić information content (AvgIpc) is 3.27. The molecule has 0 saturated heterocycles. The van der Waals surface area contributed by atoms with Gasteiger partial charge in [0, 0.05) is 18.5 Å². The highest BCUT2D eigenvalue weighted by atomic mass is 32.1. The molecule has 4 aromatic rings. The van der Waals surface area contributed by atoms with Crippen LogP contribution in [0.3, 0.4) is 0 Å². The van der Waals surface area contributed by atoms with Crippen LogP contribution in [0, 0.1) is 13.8 Å². The zero-order valence-corrected chi connectivity index (χ0v) is 17.3. The van der Waals surface area contributed by atoms with Gasteiger partial charge in [0.2, 0.25) is 0 Å². The molecule has 0 spiro atoms. The number of methoxy groups -OCH3 is 1. The number of ether oxygens (including phenoxy) is 1. The highest BCUT2D eigenvalue weighted by Crippen LogP contribution is 2.33. The molecule has 6 nitrogen and oxygen atoms in total. The predicted octanol–water partition coefficient (Wildman–Crippen LogP) is 4.62. The largest absolute Gasteiger partial charge is 0.497 e. The summed E-state index contributed by atoms with van der Waals surface area (Å²) in [6, 6.07) is 9.56. The molecule has 28 heavy (non-hydrogen) atoms. The number of amides is 1. The van der Waals surface area contributed by atoms with Crippen molar-refractivity contribution in [2.75, 3.05) is 12.0 Å². The normalized spacial score (nSPS) is 11.0. The number of carbonyl (C=O) groups is 1. The third-order valence-corrected chi connectivity index (χ3v) is 6.34. The van der Waals surface area contributed by atoms with Gasteiger partial charge in [-0.1, -0.05) is 17.4 Å². The van der Waals surface area contributed by atoms with Crippen molar-refractivity contribution >= 4 is 43.9 Å². The zero-order valence-electron chi connectivity index (χ0n) is 15.7. The Bertz CT molecular complexity index is 1140. The first-order valence-corrected chi connectivity index (χ1v) is 10.3. The first-order valence-electron chi connectivity index (χ1n) is 8.64. The number of rotatable bonds is 5. The van der Waals surface area contributed by atoms with Gasteiger partial charge in [0.15, 0.2) is 5.13 Å². The Morgan fingerprint density at radius 2 is 2.04 bits per heavy atom. The van der Waals surface area contributed by atoms with Gasteiger partial charge in [-0.05, 0) is 37.6 Å². The van der Waals surface area contributed by atoms with E-state index < -0.39 is 0 Å². The number of hydrogen-bond acceptors (Lipinski definition) is 7. The Labute approximate surface area is 170 Å². The van der Waals surface area contributed by atoms with E-state index in [1.807, 2.05) is 44.2 Å². The van der Waals surface area contributed by atoms with Gasteiger partial charge in [0.25, 0.3) is 5.91 Å². The number of anilines is 1. The zero-order chi connectivity index (χ0) is 19.7. The van der Waals surface area contributed by atoms with Gasteiger partial charge < -0.3 is 4.74 Å². The van der Waals surface area contributed by atoms with Crippen LogP contribution < -0.4 is 9.64 Å². The average molecular weight is 411 g/mol. The number of pyridine rings is 1. The Morgan fingerprint density at radius 3 is 2.71 bits per heavy atom. The van der Waals surface area contributed by atoms with Gasteiger partial charge in [0.1, 0.15) is 10.6 Å². The molecular weight excluding hydrogens is 392 g/mol. The molecule has 0 atom stereocenters. The van der Waals surface area contributed by atoms with Crippen molar-refractivity contribution in [1.82, 2.24) is 15.0 Å². The maximum atomic E-state index is 13.4. The summed E-state index contributed by atoms with van der Waals surface area (Å²) in [7, 11) is 1.63. The number of benzene rings is 1. The van der Waals surface area contributed by atoms with E-state index in [2.05, 4.69) is 9.97 Å². The third kappa shape index (κ3) is 3.61. The number of fused-ring (bicyclic) bond motifs is 1. The van der Waals surface area contributed by atoms with E-state index in [1.54, 1.807) is 24.4 Å². The lowest BCUT2D eigenvalue weighted by Gasteiger charge is -2.19. The van der Waals surface area contributed by atoms with Gasteiger partial charge >= 0.3 is 0 Å². The number of hydrogen-bond donors (Lipinski definition) is 0. The van der Waals surface area contributed by atoms with Crippen LogP contribution in [-0.4, -0.2) is 28.0 Å². The number of carbonyl (C=O) groups excluding carboxylic acids is 1. The van der Waals surface area contributed by atoms with E-state index in [1.165, 1.54) is 22.7 Å². The monoisotopic (exact) mass is 410 g/mol. The minimum Gasteiger partial charge on any atom is -0.497 e. The summed E-state index contributed by atoms with van der Waals surface area (Å²) in [5.41, 5.74) is 2.48. The van der Waals surface area contributed by atoms with Gasteiger partial charge in [-0.3, -0.25) is 14.7 Å². The SMILES string of the molecule is COc1ccc2sc(N(Cc3cccnc3)C(=O)c3sc(C)nc3C)nc2c1. The molecule has 8 heteroatoms. The van der Waals surface area contributed by atoms with Crippen LogP contribution in [-0.2, 0) is 6.54 Å². The summed E-state index contributed by atoms with van der Waals surface area (Å²) in [5.74, 6) is 0.640. The third-order valence-electron chi connectivity index (χ3n) is 4.22. The quantitative estimate of drug-likeness (QED) is 0.480. The van der Waals surface area contributed by atoms with Crippen LogP contribution in [0.4, 0.5) is 5.13 Å². The fourth-order valence-corrected chi connectivity index (χ4v) is 4.70. The molecule has 0 aliphatic heterocycles. The minimum absolute atomic E-state index is 0.0991. The van der Waals surface area contributed by atoms with Crippen LogP contribution in [0.5, 0.6) is 5.75 Å². The Hall–Kier alpha value is -2.84. The summed E-state index contributed by atoms with van der Waals surface area (Å²) in [6.07, 6.45) is 3.48. The molecule has 0 unspecified atom stereocenters. The molecule has 0 N–H and O–H groups in total. The number of thiazole rings is 2. The lowest BCUT2D eigenvalue weighted by atomic mass is 10.2. The lowest BCUT2D eigenvalue weighted by molar-refractivity contribution is 0.0988. The summed E-state index contributed by atoms with van der Waals surface area (Å²) in [6.45, 7) is 4.16. The minimum atomic E-state index is -0.0991. The maximum Gasteiger partial charge on any atom is 0.272 e. The molecule has 4 rings (SSSR count). The fraction of sp³-hybridized carbons (Fsp3) is 0.200. The second-order valence-electron chi connectivity index (χ2n) is 6.23. The van der Waals surface area contributed by atoms with Gasteiger partial charge in [-0.15, -0.1) is 11.3 Å². The lowest BCUT2D eigenvalue weighted by Crippen LogP contribution is -2.30. The van der Waals surface area contributed by atoms with Crippen molar-refractivity contribution in [3.05, 3.63) is 63.9 Å². The van der Waals surface area contributed by atoms with Crippen molar-refractivity contribution in [1.29, 1.82) is 0 Å². The second kappa shape index (κ2) is 7.65. The highest BCUT2D eigenvalue weighted by molar-refractivity contribution is 7.22. The fourth-order valence-electron chi connectivity index (χ4n) is 2.89. The van der Waals surface area contributed by atoms with Crippen molar-refractivity contribution in [2.24, 2.45) is 0 Å². The standard InChI is InChI=1S/C20H18N4O2S2/c1-12-18(27-13(2)22-12)19(25)24(11-14-5-4-8-21-10-14)20-23-16-9-15(26-3)6-7-17(16)28-20/h4-10H,11H2,1-3H3. The van der Waals surface area contributed by atoms with Crippen molar-refractivity contribution in [2.45, 2.75) is 20.4 Å². The summed E-state index contributed by atoms with van der Waals surface area (Å²) >= 11 is 2.89. The molecule has 142 valence electrons. The first-order chi connectivity index (χ1) is 13.5. The van der Waals surface area contributed by atoms with E-state index in [9.17, 15) is 4.79 Å². The highest BCUT2D eigenvalue weighted by Gasteiger charge is 2.25. The van der Waals surface area contributed by atoms with E-state index in [0.717, 1.165) is 32.2 Å². The molecule has 0 aliphatic rings. The number of aryl methyl sites for hydroxylation is 2.